The molecule has 7 heteroatoms. The summed E-state index contributed by atoms with van der Waals surface area (Å²) in [6.45, 7) is 2.43. The standard InChI is InChI=1S/C13H22N4O3/c1-19-9-4-3-8-17-12(10-6-5-7-14-10)11(15-16-17)13(18)20-2/h10,14H,3-9H2,1-2H3. The molecule has 1 aromatic heterocycles. The summed E-state index contributed by atoms with van der Waals surface area (Å²) < 4.78 is 11.7. The molecule has 1 atom stereocenters. The number of methoxy groups -OCH3 is 2. The van der Waals surface area contributed by atoms with Crippen LogP contribution in [-0.2, 0) is 16.0 Å². The first kappa shape index (κ1) is 14.9. The van der Waals surface area contributed by atoms with E-state index in [0.29, 0.717) is 5.69 Å². The lowest BCUT2D eigenvalue weighted by Gasteiger charge is -2.13. The van der Waals surface area contributed by atoms with Gasteiger partial charge in [0.2, 0.25) is 0 Å². The maximum atomic E-state index is 11.8. The molecule has 2 rings (SSSR count). The van der Waals surface area contributed by atoms with Crippen LogP contribution in [0.25, 0.3) is 0 Å². The van der Waals surface area contributed by atoms with E-state index in [1.165, 1.54) is 7.11 Å². The second-order valence-corrected chi connectivity index (χ2v) is 4.89. The number of carbonyl (C=O) groups excluding carboxylic acids is 1. The van der Waals surface area contributed by atoms with Crippen molar-refractivity contribution in [2.75, 3.05) is 27.4 Å². The fraction of sp³-hybridized carbons (Fsp3) is 0.769. The number of aryl methyl sites for hydroxylation is 1. The Bertz CT molecular complexity index is 441. The monoisotopic (exact) mass is 282 g/mol. The van der Waals surface area contributed by atoms with Crippen molar-refractivity contribution >= 4 is 5.97 Å². The smallest absolute Gasteiger partial charge is 0.360 e. The Morgan fingerprint density at radius 2 is 2.30 bits per heavy atom. The number of hydrogen-bond acceptors (Lipinski definition) is 6. The van der Waals surface area contributed by atoms with Crippen LogP contribution in [0.3, 0.4) is 0 Å². The highest BCUT2D eigenvalue weighted by Crippen LogP contribution is 2.25. The summed E-state index contributed by atoms with van der Waals surface area (Å²) in [5.41, 5.74) is 1.19. The molecule has 1 unspecified atom stereocenters. The van der Waals surface area contributed by atoms with E-state index in [1.54, 1.807) is 7.11 Å². The van der Waals surface area contributed by atoms with E-state index in [9.17, 15) is 4.79 Å². The second-order valence-electron chi connectivity index (χ2n) is 4.89. The molecule has 0 aromatic carbocycles. The molecule has 1 fully saturated rings. The number of aromatic nitrogens is 3. The highest BCUT2D eigenvalue weighted by Gasteiger charge is 2.28. The van der Waals surface area contributed by atoms with Gasteiger partial charge >= 0.3 is 5.97 Å². The van der Waals surface area contributed by atoms with Gasteiger partial charge in [0.15, 0.2) is 5.69 Å². The van der Waals surface area contributed by atoms with E-state index in [4.69, 9.17) is 9.47 Å². The molecular weight excluding hydrogens is 260 g/mol. The van der Waals surface area contributed by atoms with Crippen LogP contribution >= 0.6 is 0 Å². The third kappa shape index (κ3) is 3.34. The van der Waals surface area contributed by atoms with Crippen LogP contribution in [0.5, 0.6) is 0 Å². The van der Waals surface area contributed by atoms with Gasteiger partial charge in [-0.05, 0) is 32.2 Å². The molecule has 0 aliphatic carbocycles. The summed E-state index contributed by atoms with van der Waals surface area (Å²) in [6, 6.07) is 0.140. The lowest BCUT2D eigenvalue weighted by atomic mass is 10.1. The van der Waals surface area contributed by atoms with Gasteiger partial charge in [0.05, 0.1) is 18.8 Å². The first-order valence-electron chi connectivity index (χ1n) is 7.02. The molecule has 0 saturated carbocycles. The summed E-state index contributed by atoms with van der Waals surface area (Å²) in [6.07, 6.45) is 3.99. The lowest BCUT2D eigenvalue weighted by molar-refractivity contribution is 0.0591. The maximum Gasteiger partial charge on any atom is 0.360 e. The van der Waals surface area contributed by atoms with Crippen LogP contribution in [0.15, 0.2) is 0 Å². The molecule has 1 aromatic rings. The number of carbonyl (C=O) groups is 1. The van der Waals surface area contributed by atoms with Crippen molar-refractivity contribution in [3.63, 3.8) is 0 Å². The number of hydrogen-bond donors (Lipinski definition) is 1. The van der Waals surface area contributed by atoms with Crippen LogP contribution in [0.1, 0.15) is 47.9 Å². The number of ether oxygens (including phenoxy) is 2. The Kier molecular flexibility index (Phi) is 5.49. The number of rotatable bonds is 7. The highest BCUT2D eigenvalue weighted by molar-refractivity contribution is 5.88. The van der Waals surface area contributed by atoms with Gasteiger partial charge in [0, 0.05) is 20.3 Å². The van der Waals surface area contributed by atoms with E-state index in [-0.39, 0.29) is 6.04 Å². The summed E-state index contributed by atoms with van der Waals surface area (Å²) in [4.78, 5) is 11.8. The molecule has 112 valence electrons. The third-order valence-electron chi connectivity index (χ3n) is 3.51. The summed E-state index contributed by atoms with van der Waals surface area (Å²) in [5, 5.41) is 11.5. The zero-order valence-electron chi connectivity index (χ0n) is 12.1. The number of esters is 1. The Morgan fingerprint density at radius 3 is 2.95 bits per heavy atom. The van der Waals surface area contributed by atoms with Crippen molar-refractivity contribution in [1.29, 1.82) is 0 Å². The number of nitrogens with one attached hydrogen (secondary N) is 1. The molecule has 1 aliphatic rings. The van der Waals surface area contributed by atoms with Crippen molar-refractivity contribution in [3.05, 3.63) is 11.4 Å². The molecule has 1 aliphatic heterocycles. The fourth-order valence-electron chi connectivity index (χ4n) is 2.50. The van der Waals surface area contributed by atoms with E-state index in [2.05, 4.69) is 15.6 Å². The molecule has 20 heavy (non-hydrogen) atoms. The Labute approximate surface area is 118 Å². The van der Waals surface area contributed by atoms with Gasteiger partial charge < -0.3 is 14.8 Å². The summed E-state index contributed by atoms with van der Waals surface area (Å²) >= 11 is 0. The van der Waals surface area contributed by atoms with Crippen molar-refractivity contribution in [3.8, 4) is 0 Å². The minimum atomic E-state index is -0.420. The Morgan fingerprint density at radius 1 is 1.45 bits per heavy atom. The van der Waals surface area contributed by atoms with Gasteiger partial charge in [0.25, 0.3) is 0 Å². The molecule has 0 spiro atoms. The molecule has 1 N–H and O–H groups in total. The van der Waals surface area contributed by atoms with Gasteiger partial charge in [-0.1, -0.05) is 5.21 Å². The number of nitrogens with zero attached hydrogens (tertiary/aromatic N) is 3. The first-order chi connectivity index (χ1) is 9.77. The van der Waals surface area contributed by atoms with E-state index >= 15 is 0 Å². The van der Waals surface area contributed by atoms with Gasteiger partial charge in [-0.2, -0.15) is 0 Å². The maximum absolute atomic E-state index is 11.8. The van der Waals surface area contributed by atoms with Crippen molar-refractivity contribution in [2.24, 2.45) is 0 Å². The van der Waals surface area contributed by atoms with Gasteiger partial charge in [-0.15, -0.1) is 5.10 Å². The van der Waals surface area contributed by atoms with Crippen LogP contribution < -0.4 is 5.32 Å². The Hall–Kier alpha value is -1.47. The quantitative estimate of drug-likeness (QED) is 0.592. The largest absolute Gasteiger partial charge is 0.464 e. The average Bonchev–Trinajstić information content (AvgIpc) is 3.11. The minimum absolute atomic E-state index is 0.140. The third-order valence-corrected chi connectivity index (χ3v) is 3.51. The van der Waals surface area contributed by atoms with Crippen LogP contribution in [0.2, 0.25) is 0 Å². The fourth-order valence-corrected chi connectivity index (χ4v) is 2.50. The normalized spacial score (nSPS) is 18.4. The SMILES string of the molecule is COCCCCn1nnc(C(=O)OC)c1C1CCCN1. The Balaban J connectivity index is 2.13. The molecule has 7 nitrogen and oxygen atoms in total. The van der Waals surface area contributed by atoms with Gasteiger partial charge in [-0.25, -0.2) is 9.48 Å². The van der Waals surface area contributed by atoms with Crippen molar-refractivity contribution < 1.29 is 14.3 Å². The van der Waals surface area contributed by atoms with Crippen LogP contribution in [-0.4, -0.2) is 48.3 Å². The zero-order chi connectivity index (χ0) is 14.4. The van der Waals surface area contributed by atoms with Gasteiger partial charge in [0.1, 0.15) is 0 Å². The molecule has 0 amide bonds. The predicted octanol–water partition coefficient (Wildman–Crippen LogP) is 0.916. The van der Waals surface area contributed by atoms with Crippen molar-refractivity contribution in [2.45, 2.75) is 38.3 Å². The first-order valence-corrected chi connectivity index (χ1v) is 7.02. The molecule has 0 bridgehead atoms. The molecule has 0 radical (unpaired) electrons. The predicted molar refractivity (Wildman–Crippen MR) is 72.4 cm³/mol. The lowest BCUT2D eigenvalue weighted by Crippen LogP contribution is -2.21. The molecule has 1 saturated heterocycles. The second kappa shape index (κ2) is 7.35. The zero-order valence-corrected chi connectivity index (χ0v) is 12.1. The molecule has 2 heterocycles. The van der Waals surface area contributed by atoms with Gasteiger partial charge in [-0.3, -0.25) is 0 Å². The average molecular weight is 282 g/mol. The number of unbranched alkanes of at least 4 members (excludes halogenated alkanes) is 1. The summed E-state index contributed by atoms with van der Waals surface area (Å²) in [7, 11) is 3.06. The summed E-state index contributed by atoms with van der Waals surface area (Å²) in [5.74, 6) is -0.420. The molecular formula is C13H22N4O3. The van der Waals surface area contributed by atoms with Crippen LogP contribution in [0.4, 0.5) is 0 Å². The van der Waals surface area contributed by atoms with E-state index in [1.807, 2.05) is 4.68 Å². The minimum Gasteiger partial charge on any atom is -0.464 e. The van der Waals surface area contributed by atoms with E-state index in [0.717, 1.165) is 51.1 Å². The van der Waals surface area contributed by atoms with Crippen molar-refractivity contribution in [1.82, 2.24) is 20.3 Å². The topological polar surface area (TPSA) is 78.3 Å². The van der Waals surface area contributed by atoms with Crippen LogP contribution in [0, 0.1) is 0 Å². The van der Waals surface area contributed by atoms with E-state index < -0.39 is 5.97 Å². The highest BCUT2D eigenvalue weighted by atomic mass is 16.5.